The van der Waals surface area contributed by atoms with Gasteiger partial charge in [-0.3, -0.25) is 4.79 Å². The molecule has 2 rings (SSSR count). The largest absolute Gasteiger partial charge is 0.352 e. The van der Waals surface area contributed by atoms with Gasteiger partial charge >= 0.3 is 0 Å². The lowest BCUT2D eigenvalue weighted by Crippen LogP contribution is -2.48. The Hall–Kier alpha value is -1.86. The van der Waals surface area contributed by atoms with Crippen molar-refractivity contribution >= 4 is 5.91 Å². The third-order valence-electron chi connectivity index (χ3n) is 3.68. The van der Waals surface area contributed by atoms with Crippen molar-refractivity contribution in [2.45, 2.75) is 26.3 Å². The summed E-state index contributed by atoms with van der Waals surface area (Å²) in [4.78, 5) is 12.2. The molecule has 1 aliphatic rings. The number of carbonyl (C=O) groups excluding carboxylic acids is 1. The van der Waals surface area contributed by atoms with Gasteiger partial charge in [-0.15, -0.1) is 0 Å². The summed E-state index contributed by atoms with van der Waals surface area (Å²) in [5.41, 5.74) is 1.35. The monoisotopic (exact) mass is 257 g/mol. The van der Waals surface area contributed by atoms with Crippen molar-refractivity contribution in [3.8, 4) is 6.07 Å². The fourth-order valence-corrected chi connectivity index (χ4v) is 2.34. The normalized spacial score (nSPS) is 22.5. The molecule has 1 unspecified atom stereocenters. The number of hydrogen-bond donors (Lipinski definition) is 2. The lowest BCUT2D eigenvalue weighted by atomic mass is 9.82. The van der Waals surface area contributed by atoms with Gasteiger partial charge in [-0.2, -0.15) is 5.26 Å². The average Bonchev–Trinajstić information content (AvgIpc) is 2.46. The molecule has 1 amide bonds. The van der Waals surface area contributed by atoms with Gasteiger partial charge in [0.2, 0.25) is 5.91 Å². The second kappa shape index (κ2) is 5.85. The maximum atomic E-state index is 12.2. The highest BCUT2D eigenvalue weighted by Gasteiger charge is 2.34. The summed E-state index contributed by atoms with van der Waals surface area (Å²) >= 11 is 0. The SMILES string of the molecule is CC1(C(=O)NCc2ccc(C#N)cc2)CCCNC1. The van der Waals surface area contributed by atoms with E-state index >= 15 is 0 Å². The zero-order valence-electron chi connectivity index (χ0n) is 11.2. The number of amides is 1. The molecule has 1 saturated heterocycles. The maximum absolute atomic E-state index is 12.2. The summed E-state index contributed by atoms with van der Waals surface area (Å²) in [6.07, 6.45) is 1.97. The topological polar surface area (TPSA) is 64.9 Å². The van der Waals surface area contributed by atoms with Crippen LogP contribution < -0.4 is 10.6 Å². The van der Waals surface area contributed by atoms with Gasteiger partial charge in [-0.25, -0.2) is 0 Å². The zero-order chi connectivity index (χ0) is 13.7. The Bertz CT molecular complexity index is 481. The van der Waals surface area contributed by atoms with Crippen LogP contribution in [0.2, 0.25) is 0 Å². The number of carbonyl (C=O) groups is 1. The van der Waals surface area contributed by atoms with Crippen molar-refractivity contribution in [3.63, 3.8) is 0 Å². The quantitative estimate of drug-likeness (QED) is 0.863. The van der Waals surface area contributed by atoms with Crippen LogP contribution in [-0.2, 0) is 11.3 Å². The van der Waals surface area contributed by atoms with Crippen LogP contribution in [0.1, 0.15) is 30.9 Å². The Labute approximate surface area is 113 Å². The number of nitriles is 1. The fraction of sp³-hybridized carbons (Fsp3) is 0.467. The number of benzene rings is 1. The van der Waals surface area contributed by atoms with Crippen LogP contribution in [0.15, 0.2) is 24.3 Å². The first-order chi connectivity index (χ1) is 9.14. The number of nitrogens with zero attached hydrogens (tertiary/aromatic N) is 1. The van der Waals surface area contributed by atoms with Crippen molar-refractivity contribution in [2.24, 2.45) is 5.41 Å². The number of hydrogen-bond acceptors (Lipinski definition) is 3. The van der Waals surface area contributed by atoms with Gasteiger partial charge in [0.25, 0.3) is 0 Å². The summed E-state index contributed by atoms with van der Waals surface area (Å²) in [5.74, 6) is 0.101. The van der Waals surface area contributed by atoms with E-state index in [-0.39, 0.29) is 11.3 Å². The third kappa shape index (κ3) is 3.33. The van der Waals surface area contributed by atoms with Crippen molar-refractivity contribution in [1.29, 1.82) is 5.26 Å². The highest BCUT2D eigenvalue weighted by atomic mass is 16.2. The Morgan fingerprint density at radius 1 is 1.47 bits per heavy atom. The number of piperidine rings is 1. The summed E-state index contributed by atoms with van der Waals surface area (Å²) in [7, 11) is 0. The fourth-order valence-electron chi connectivity index (χ4n) is 2.34. The number of rotatable bonds is 3. The molecular formula is C15H19N3O. The van der Waals surface area contributed by atoms with Gasteiger partial charge in [0.05, 0.1) is 17.0 Å². The lowest BCUT2D eigenvalue weighted by Gasteiger charge is -2.32. The molecule has 1 atom stereocenters. The van der Waals surface area contributed by atoms with Gasteiger partial charge in [-0.1, -0.05) is 12.1 Å². The second-order valence-electron chi connectivity index (χ2n) is 5.33. The van der Waals surface area contributed by atoms with Crippen LogP contribution in [-0.4, -0.2) is 19.0 Å². The molecule has 0 saturated carbocycles. The van der Waals surface area contributed by atoms with Crippen LogP contribution >= 0.6 is 0 Å². The predicted octanol–water partition coefficient (Wildman–Crippen LogP) is 1.56. The first-order valence-electron chi connectivity index (χ1n) is 6.62. The molecule has 1 aliphatic heterocycles. The molecule has 1 heterocycles. The average molecular weight is 257 g/mol. The molecule has 0 bridgehead atoms. The highest BCUT2D eigenvalue weighted by molar-refractivity contribution is 5.82. The standard InChI is InChI=1S/C15H19N3O/c1-15(7-2-8-17-11-15)14(19)18-10-13-5-3-12(9-16)4-6-13/h3-6,17H,2,7-8,10-11H2,1H3,(H,18,19). The molecule has 0 spiro atoms. The van der Waals surface area contributed by atoms with E-state index in [0.717, 1.165) is 31.5 Å². The van der Waals surface area contributed by atoms with Crippen LogP contribution in [0.25, 0.3) is 0 Å². The molecule has 1 fully saturated rings. The Morgan fingerprint density at radius 3 is 2.79 bits per heavy atom. The lowest BCUT2D eigenvalue weighted by molar-refractivity contribution is -0.131. The summed E-state index contributed by atoms with van der Waals surface area (Å²) < 4.78 is 0. The Morgan fingerprint density at radius 2 is 2.21 bits per heavy atom. The van der Waals surface area contributed by atoms with Crippen LogP contribution in [0.4, 0.5) is 0 Å². The number of nitrogens with one attached hydrogen (secondary N) is 2. The molecule has 0 aromatic heterocycles. The molecule has 1 aromatic rings. The molecule has 0 radical (unpaired) electrons. The van der Waals surface area contributed by atoms with E-state index < -0.39 is 0 Å². The van der Waals surface area contributed by atoms with Crippen molar-refractivity contribution < 1.29 is 4.79 Å². The molecule has 4 nitrogen and oxygen atoms in total. The second-order valence-corrected chi connectivity index (χ2v) is 5.33. The van der Waals surface area contributed by atoms with Crippen LogP contribution in [0, 0.1) is 16.7 Å². The molecule has 19 heavy (non-hydrogen) atoms. The van der Waals surface area contributed by atoms with E-state index in [1.165, 1.54) is 0 Å². The first kappa shape index (κ1) is 13.6. The molecule has 0 aliphatic carbocycles. The third-order valence-corrected chi connectivity index (χ3v) is 3.68. The minimum Gasteiger partial charge on any atom is -0.352 e. The van der Waals surface area contributed by atoms with Gasteiger partial charge in [-0.05, 0) is 44.0 Å². The summed E-state index contributed by atoms with van der Waals surface area (Å²) in [6.45, 7) is 4.26. The van der Waals surface area contributed by atoms with E-state index in [9.17, 15) is 4.79 Å². The molecule has 1 aromatic carbocycles. The molecule has 100 valence electrons. The zero-order valence-corrected chi connectivity index (χ0v) is 11.2. The minimum absolute atomic E-state index is 0.101. The van der Waals surface area contributed by atoms with E-state index in [1.807, 2.05) is 19.1 Å². The molecule has 4 heteroatoms. The van der Waals surface area contributed by atoms with Gasteiger partial charge in [0.1, 0.15) is 0 Å². The summed E-state index contributed by atoms with van der Waals surface area (Å²) in [5, 5.41) is 15.0. The van der Waals surface area contributed by atoms with Crippen molar-refractivity contribution in [1.82, 2.24) is 10.6 Å². The first-order valence-corrected chi connectivity index (χ1v) is 6.62. The predicted molar refractivity (Wildman–Crippen MR) is 73.2 cm³/mol. The van der Waals surface area contributed by atoms with E-state index in [0.29, 0.717) is 12.1 Å². The van der Waals surface area contributed by atoms with Gasteiger partial charge in [0.15, 0.2) is 0 Å². The summed E-state index contributed by atoms with van der Waals surface area (Å²) in [6, 6.07) is 9.37. The van der Waals surface area contributed by atoms with Crippen LogP contribution in [0.5, 0.6) is 0 Å². The smallest absolute Gasteiger partial charge is 0.227 e. The molecular weight excluding hydrogens is 238 g/mol. The van der Waals surface area contributed by atoms with Gasteiger partial charge in [0, 0.05) is 13.1 Å². The highest BCUT2D eigenvalue weighted by Crippen LogP contribution is 2.25. The minimum atomic E-state index is -0.301. The van der Waals surface area contributed by atoms with Crippen molar-refractivity contribution in [3.05, 3.63) is 35.4 Å². The van der Waals surface area contributed by atoms with E-state index in [1.54, 1.807) is 12.1 Å². The Balaban J connectivity index is 1.90. The van der Waals surface area contributed by atoms with Crippen molar-refractivity contribution in [2.75, 3.05) is 13.1 Å². The molecule has 2 N–H and O–H groups in total. The van der Waals surface area contributed by atoms with E-state index in [2.05, 4.69) is 16.7 Å². The Kier molecular flexibility index (Phi) is 4.18. The van der Waals surface area contributed by atoms with Gasteiger partial charge < -0.3 is 10.6 Å². The van der Waals surface area contributed by atoms with E-state index in [4.69, 9.17) is 5.26 Å². The maximum Gasteiger partial charge on any atom is 0.227 e. The van der Waals surface area contributed by atoms with Crippen LogP contribution in [0.3, 0.4) is 0 Å².